The van der Waals surface area contributed by atoms with Crippen LogP contribution >= 0.6 is 0 Å². The summed E-state index contributed by atoms with van der Waals surface area (Å²) in [5, 5.41) is 0. The molecule has 0 radical (unpaired) electrons. The number of carbonyl (C=O) groups excluding carboxylic acids is 1. The van der Waals surface area contributed by atoms with Gasteiger partial charge in [0.15, 0.2) is 0 Å². The highest BCUT2D eigenvalue weighted by atomic mass is 16.1. The number of hydrogen-bond donors (Lipinski definition) is 0. The van der Waals surface area contributed by atoms with Crippen molar-refractivity contribution >= 4 is 5.78 Å². The zero-order chi connectivity index (χ0) is 12.1. The predicted octanol–water partition coefficient (Wildman–Crippen LogP) is 4.45. The largest absolute Gasteiger partial charge is 0.300 e. The Morgan fingerprint density at radius 1 is 1.07 bits per heavy atom. The topological polar surface area (TPSA) is 17.1 Å². The van der Waals surface area contributed by atoms with Gasteiger partial charge in [0.1, 0.15) is 5.78 Å². The lowest BCUT2D eigenvalue weighted by Crippen LogP contribution is -2.21. The van der Waals surface area contributed by atoms with Crippen LogP contribution in [-0.2, 0) is 4.79 Å². The van der Waals surface area contributed by atoms with E-state index < -0.39 is 0 Å². The van der Waals surface area contributed by atoms with Crippen LogP contribution in [0, 0.1) is 17.3 Å². The summed E-state index contributed by atoms with van der Waals surface area (Å²) in [5.74, 6) is 1.54. The second-order valence-corrected chi connectivity index (χ2v) is 5.90. The summed E-state index contributed by atoms with van der Waals surface area (Å²) in [6.07, 6.45) is 3.80. The molecule has 1 nitrogen and oxygen atoms in total. The van der Waals surface area contributed by atoms with Crippen molar-refractivity contribution < 1.29 is 4.79 Å². The molecular weight excluding hydrogens is 184 g/mol. The highest BCUT2D eigenvalue weighted by Gasteiger charge is 2.23. The summed E-state index contributed by atoms with van der Waals surface area (Å²) in [7, 11) is 0. The Balaban J connectivity index is 4.04. The fraction of sp³-hybridized carbons (Fsp3) is 0.929. The van der Waals surface area contributed by atoms with E-state index in [0.29, 0.717) is 17.6 Å². The third-order valence-corrected chi connectivity index (χ3v) is 3.68. The van der Waals surface area contributed by atoms with E-state index in [1.165, 1.54) is 0 Å². The van der Waals surface area contributed by atoms with Gasteiger partial charge in [-0.2, -0.15) is 0 Å². The van der Waals surface area contributed by atoms with E-state index in [1.54, 1.807) is 0 Å². The zero-order valence-electron chi connectivity index (χ0n) is 11.4. The number of hydrogen-bond acceptors (Lipinski definition) is 1. The molecule has 0 amide bonds. The van der Waals surface area contributed by atoms with Crippen molar-refractivity contribution in [1.29, 1.82) is 0 Å². The smallest absolute Gasteiger partial charge is 0.133 e. The van der Waals surface area contributed by atoms with E-state index in [2.05, 4.69) is 41.5 Å². The van der Waals surface area contributed by atoms with E-state index in [0.717, 1.165) is 25.7 Å². The molecule has 90 valence electrons. The molecule has 0 aliphatic rings. The molecule has 1 atom stereocenters. The normalized spacial score (nSPS) is 14.3. The molecular formula is C14H28O. The number of Topliss-reactive ketones (excluding diaryl/α,β-unsaturated/α-hetero) is 1. The minimum absolute atomic E-state index is 0.254. The molecule has 0 aromatic carbocycles. The third kappa shape index (κ3) is 5.96. The second-order valence-electron chi connectivity index (χ2n) is 5.90. The number of ketones is 1. The SMILES string of the molecule is CCC(CC)CC(=O)CC(C)C(C)(C)C. The first-order chi connectivity index (χ1) is 6.81. The van der Waals surface area contributed by atoms with Crippen molar-refractivity contribution in [2.45, 2.75) is 67.2 Å². The molecule has 1 heteroatoms. The molecule has 0 fully saturated rings. The van der Waals surface area contributed by atoms with Gasteiger partial charge in [-0.3, -0.25) is 4.79 Å². The van der Waals surface area contributed by atoms with Crippen LogP contribution in [0.2, 0.25) is 0 Å². The summed E-state index contributed by atoms with van der Waals surface area (Å²) in [6, 6.07) is 0. The highest BCUT2D eigenvalue weighted by molar-refractivity contribution is 5.78. The monoisotopic (exact) mass is 212 g/mol. The van der Waals surface area contributed by atoms with Gasteiger partial charge in [-0.1, -0.05) is 54.4 Å². The van der Waals surface area contributed by atoms with Crippen LogP contribution in [0.4, 0.5) is 0 Å². The van der Waals surface area contributed by atoms with Gasteiger partial charge < -0.3 is 0 Å². The Morgan fingerprint density at radius 3 is 1.87 bits per heavy atom. The lowest BCUT2D eigenvalue weighted by atomic mass is 9.78. The molecule has 0 N–H and O–H groups in total. The van der Waals surface area contributed by atoms with Gasteiger partial charge >= 0.3 is 0 Å². The number of rotatable bonds is 6. The van der Waals surface area contributed by atoms with Gasteiger partial charge in [0.05, 0.1) is 0 Å². The summed E-state index contributed by atoms with van der Waals surface area (Å²) in [5.41, 5.74) is 0.254. The molecule has 0 heterocycles. The Bertz CT molecular complexity index is 184. The number of carbonyl (C=O) groups is 1. The minimum atomic E-state index is 0.254. The van der Waals surface area contributed by atoms with Crippen LogP contribution in [0.15, 0.2) is 0 Å². The van der Waals surface area contributed by atoms with Gasteiger partial charge in [0.25, 0.3) is 0 Å². The zero-order valence-corrected chi connectivity index (χ0v) is 11.4. The first kappa shape index (κ1) is 14.7. The maximum atomic E-state index is 11.8. The Morgan fingerprint density at radius 2 is 1.53 bits per heavy atom. The second kappa shape index (κ2) is 6.30. The first-order valence-electron chi connectivity index (χ1n) is 6.32. The van der Waals surface area contributed by atoms with E-state index in [-0.39, 0.29) is 5.41 Å². The molecule has 15 heavy (non-hydrogen) atoms. The van der Waals surface area contributed by atoms with Crippen molar-refractivity contribution in [2.24, 2.45) is 17.3 Å². The molecule has 0 rings (SSSR count). The van der Waals surface area contributed by atoms with Crippen molar-refractivity contribution in [3.05, 3.63) is 0 Å². The van der Waals surface area contributed by atoms with Gasteiger partial charge in [-0.15, -0.1) is 0 Å². The third-order valence-electron chi connectivity index (χ3n) is 3.68. The predicted molar refractivity (Wildman–Crippen MR) is 66.9 cm³/mol. The molecule has 0 aliphatic heterocycles. The van der Waals surface area contributed by atoms with Crippen molar-refractivity contribution in [2.75, 3.05) is 0 Å². The van der Waals surface area contributed by atoms with Crippen molar-refractivity contribution in [1.82, 2.24) is 0 Å². The summed E-state index contributed by atoms with van der Waals surface area (Å²) in [6.45, 7) is 13.2. The Kier molecular flexibility index (Phi) is 6.16. The average molecular weight is 212 g/mol. The van der Waals surface area contributed by atoms with Crippen LogP contribution in [0.5, 0.6) is 0 Å². The van der Waals surface area contributed by atoms with E-state index >= 15 is 0 Å². The molecule has 1 unspecified atom stereocenters. The van der Waals surface area contributed by atoms with Crippen LogP contribution < -0.4 is 0 Å². The van der Waals surface area contributed by atoms with Crippen molar-refractivity contribution in [3.8, 4) is 0 Å². The van der Waals surface area contributed by atoms with E-state index in [4.69, 9.17) is 0 Å². The molecule has 0 aromatic rings. The molecule has 0 aromatic heterocycles. The molecule has 0 bridgehead atoms. The Hall–Kier alpha value is -0.330. The first-order valence-corrected chi connectivity index (χ1v) is 6.32. The molecule has 0 saturated heterocycles. The van der Waals surface area contributed by atoms with Gasteiger partial charge in [-0.05, 0) is 17.3 Å². The highest BCUT2D eigenvalue weighted by Crippen LogP contribution is 2.29. The lowest BCUT2D eigenvalue weighted by molar-refractivity contribution is -0.121. The van der Waals surface area contributed by atoms with Gasteiger partial charge in [-0.25, -0.2) is 0 Å². The summed E-state index contributed by atoms with van der Waals surface area (Å²) < 4.78 is 0. The fourth-order valence-electron chi connectivity index (χ4n) is 1.63. The lowest BCUT2D eigenvalue weighted by Gasteiger charge is -2.27. The quantitative estimate of drug-likeness (QED) is 0.635. The van der Waals surface area contributed by atoms with Crippen LogP contribution in [0.25, 0.3) is 0 Å². The average Bonchev–Trinajstić information content (AvgIpc) is 2.12. The molecule has 0 spiro atoms. The van der Waals surface area contributed by atoms with Crippen LogP contribution in [0.3, 0.4) is 0 Å². The fourth-order valence-corrected chi connectivity index (χ4v) is 1.63. The standard InChI is InChI=1S/C14H28O/c1-7-12(8-2)10-13(15)9-11(3)14(4,5)6/h11-12H,7-10H2,1-6H3. The maximum absolute atomic E-state index is 11.8. The van der Waals surface area contributed by atoms with E-state index in [9.17, 15) is 4.79 Å². The molecule has 0 saturated carbocycles. The maximum Gasteiger partial charge on any atom is 0.133 e. The summed E-state index contributed by atoms with van der Waals surface area (Å²) in [4.78, 5) is 11.8. The van der Waals surface area contributed by atoms with Gasteiger partial charge in [0, 0.05) is 12.8 Å². The molecule has 0 aliphatic carbocycles. The van der Waals surface area contributed by atoms with Crippen LogP contribution in [0.1, 0.15) is 67.2 Å². The van der Waals surface area contributed by atoms with Gasteiger partial charge in [0.2, 0.25) is 0 Å². The van der Waals surface area contributed by atoms with Crippen molar-refractivity contribution in [3.63, 3.8) is 0 Å². The van der Waals surface area contributed by atoms with Crippen LogP contribution in [-0.4, -0.2) is 5.78 Å². The minimum Gasteiger partial charge on any atom is -0.300 e. The summed E-state index contributed by atoms with van der Waals surface area (Å²) >= 11 is 0. The Labute approximate surface area is 95.6 Å². The van der Waals surface area contributed by atoms with E-state index in [1.807, 2.05) is 0 Å².